The Balaban J connectivity index is 1.79. The number of aliphatic hydroxyl groups is 1. The van der Waals surface area contributed by atoms with Crippen LogP contribution in [0.1, 0.15) is 38.4 Å². The van der Waals surface area contributed by atoms with Gasteiger partial charge in [0.2, 0.25) is 0 Å². The molecular formula is C18H25ClN4O3. The summed E-state index contributed by atoms with van der Waals surface area (Å²) in [5, 5.41) is 29.5. The number of carbonyl (C=O) groups is 1. The number of aromatic amines is 1. The number of piperidine rings is 1. The Morgan fingerprint density at radius 3 is 2.69 bits per heavy atom. The lowest BCUT2D eigenvalue weighted by Crippen LogP contribution is -2.47. The summed E-state index contributed by atoms with van der Waals surface area (Å²) >= 11 is 6.22. The molecule has 1 aromatic carbocycles. The standard InChI is InChI=1S/C18H25ClN4O3/c1-18(2,12-4-6-23(7-5-12)17(25)22(3)26)16(24)14-9-13(19)8-11-10-20-21-15(11)14/h8-10,12,16,24,26H,4-7H2,1-3H3,(H,20,21). The van der Waals surface area contributed by atoms with Gasteiger partial charge in [0.25, 0.3) is 0 Å². The molecule has 0 radical (unpaired) electrons. The molecule has 1 aliphatic heterocycles. The zero-order valence-corrected chi connectivity index (χ0v) is 16.0. The fraction of sp³-hybridized carbons (Fsp3) is 0.556. The van der Waals surface area contributed by atoms with Gasteiger partial charge in [0, 0.05) is 36.1 Å². The Morgan fingerprint density at radius 2 is 2.08 bits per heavy atom. The molecule has 8 heteroatoms. The first-order valence-electron chi connectivity index (χ1n) is 8.74. The molecule has 1 aromatic heterocycles. The molecule has 0 spiro atoms. The van der Waals surface area contributed by atoms with E-state index in [-0.39, 0.29) is 5.92 Å². The number of halogens is 1. The van der Waals surface area contributed by atoms with Gasteiger partial charge >= 0.3 is 6.03 Å². The number of benzene rings is 1. The van der Waals surface area contributed by atoms with Gasteiger partial charge in [-0.2, -0.15) is 5.10 Å². The first-order valence-corrected chi connectivity index (χ1v) is 9.11. The van der Waals surface area contributed by atoms with E-state index in [0.717, 1.165) is 29.3 Å². The first-order chi connectivity index (χ1) is 12.2. The first kappa shape index (κ1) is 18.9. The molecule has 3 rings (SSSR count). The van der Waals surface area contributed by atoms with E-state index in [4.69, 9.17) is 11.6 Å². The van der Waals surface area contributed by atoms with Crippen LogP contribution in [0, 0.1) is 11.3 Å². The number of hydroxylamine groups is 2. The third-order valence-corrected chi connectivity index (χ3v) is 5.86. The highest BCUT2D eigenvalue weighted by Gasteiger charge is 2.40. The molecule has 26 heavy (non-hydrogen) atoms. The van der Waals surface area contributed by atoms with Crippen molar-refractivity contribution in [2.75, 3.05) is 20.1 Å². The van der Waals surface area contributed by atoms with Crippen molar-refractivity contribution in [3.8, 4) is 0 Å². The van der Waals surface area contributed by atoms with Gasteiger partial charge in [-0.25, -0.2) is 9.86 Å². The average Bonchev–Trinajstić information content (AvgIpc) is 3.07. The third kappa shape index (κ3) is 3.39. The van der Waals surface area contributed by atoms with Gasteiger partial charge in [0.1, 0.15) is 0 Å². The van der Waals surface area contributed by atoms with Gasteiger partial charge in [0.05, 0.1) is 17.8 Å². The lowest BCUT2D eigenvalue weighted by atomic mass is 9.68. The molecule has 1 aliphatic rings. The Kier molecular flexibility index (Phi) is 5.14. The van der Waals surface area contributed by atoms with Gasteiger partial charge in [0.15, 0.2) is 0 Å². The predicted molar refractivity (Wildman–Crippen MR) is 99.1 cm³/mol. The van der Waals surface area contributed by atoms with Crippen molar-refractivity contribution < 1.29 is 15.1 Å². The number of urea groups is 1. The summed E-state index contributed by atoms with van der Waals surface area (Å²) in [6.45, 7) is 5.20. The van der Waals surface area contributed by atoms with Crippen molar-refractivity contribution in [2.24, 2.45) is 11.3 Å². The van der Waals surface area contributed by atoms with Crippen molar-refractivity contribution in [3.63, 3.8) is 0 Å². The molecule has 0 aliphatic carbocycles. The summed E-state index contributed by atoms with van der Waals surface area (Å²) in [4.78, 5) is 13.5. The van der Waals surface area contributed by atoms with E-state index in [9.17, 15) is 15.1 Å². The summed E-state index contributed by atoms with van der Waals surface area (Å²) in [6, 6.07) is 3.21. The maximum atomic E-state index is 11.9. The SMILES string of the molecule is CN(O)C(=O)N1CCC(C(C)(C)C(O)c2cc(Cl)cc3cn[nH]c23)CC1. The van der Waals surface area contributed by atoms with Crippen LogP contribution in [0.25, 0.3) is 10.9 Å². The zero-order valence-electron chi connectivity index (χ0n) is 15.2. The van der Waals surface area contributed by atoms with E-state index in [1.807, 2.05) is 19.9 Å². The molecule has 2 aromatic rings. The van der Waals surface area contributed by atoms with E-state index in [0.29, 0.717) is 23.2 Å². The second-order valence-electron chi connectivity index (χ2n) is 7.62. The fourth-order valence-corrected chi connectivity index (χ4v) is 4.14. The van der Waals surface area contributed by atoms with Crippen LogP contribution in [0.2, 0.25) is 5.02 Å². The number of rotatable bonds is 3. The minimum Gasteiger partial charge on any atom is -0.388 e. The number of nitrogens with one attached hydrogen (secondary N) is 1. The number of hydrogen-bond acceptors (Lipinski definition) is 4. The van der Waals surface area contributed by atoms with Crippen LogP contribution < -0.4 is 0 Å². The maximum absolute atomic E-state index is 11.9. The van der Waals surface area contributed by atoms with E-state index >= 15 is 0 Å². The molecule has 3 N–H and O–H groups in total. The van der Waals surface area contributed by atoms with Crippen molar-refractivity contribution in [1.29, 1.82) is 0 Å². The van der Waals surface area contributed by atoms with Crippen LogP contribution in [0.5, 0.6) is 0 Å². The molecule has 0 bridgehead atoms. The molecule has 1 fully saturated rings. The number of H-pyrrole nitrogens is 1. The van der Waals surface area contributed by atoms with E-state index < -0.39 is 17.6 Å². The summed E-state index contributed by atoms with van der Waals surface area (Å²) in [7, 11) is 1.33. The van der Waals surface area contributed by atoms with Crippen molar-refractivity contribution >= 4 is 28.5 Å². The largest absolute Gasteiger partial charge is 0.388 e. The molecule has 1 atom stereocenters. The number of aliphatic hydroxyl groups excluding tert-OH is 1. The molecule has 1 unspecified atom stereocenters. The summed E-state index contributed by atoms with van der Waals surface area (Å²) < 4.78 is 0. The number of hydrogen-bond donors (Lipinski definition) is 3. The van der Waals surface area contributed by atoms with Gasteiger partial charge < -0.3 is 10.0 Å². The summed E-state index contributed by atoms with van der Waals surface area (Å²) in [5.41, 5.74) is 1.12. The lowest BCUT2D eigenvalue weighted by molar-refractivity contribution is -0.0468. The summed E-state index contributed by atoms with van der Waals surface area (Å²) in [5.74, 6) is 0.225. The second-order valence-corrected chi connectivity index (χ2v) is 8.06. The summed E-state index contributed by atoms with van der Waals surface area (Å²) in [6.07, 6.45) is 2.49. The quantitative estimate of drug-likeness (QED) is 0.561. The highest BCUT2D eigenvalue weighted by molar-refractivity contribution is 6.31. The predicted octanol–water partition coefficient (Wildman–Crippen LogP) is 3.43. The topological polar surface area (TPSA) is 92.7 Å². The number of nitrogens with zero attached hydrogens (tertiary/aromatic N) is 3. The van der Waals surface area contributed by atoms with Crippen LogP contribution in [0.15, 0.2) is 18.3 Å². The van der Waals surface area contributed by atoms with Crippen molar-refractivity contribution in [3.05, 3.63) is 28.9 Å². The van der Waals surface area contributed by atoms with Crippen LogP contribution in [-0.4, -0.2) is 56.6 Å². The number of likely N-dealkylation sites (tertiary alicyclic amines) is 1. The van der Waals surface area contributed by atoms with Crippen LogP contribution in [0.4, 0.5) is 4.79 Å². The smallest absolute Gasteiger partial charge is 0.343 e. The molecule has 0 saturated carbocycles. The van der Waals surface area contributed by atoms with E-state index in [1.54, 1.807) is 17.2 Å². The molecule has 2 heterocycles. The monoisotopic (exact) mass is 380 g/mol. The van der Waals surface area contributed by atoms with Crippen LogP contribution >= 0.6 is 11.6 Å². The molecule has 7 nitrogen and oxygen atoms in total. The van der Waals surface area contributed by atoms with Crippen molar-refractivity contribution in [1.82, 2.24) is 20.2 Å². The number of carbonyl (C=O) groups excluding carboxylic acids is 1. The van der Waals surface area contributed by atoms with Gasteiger partial charge in [-0.15, -0.1) is 0 Å². The highest BCUT2D eigenvalue weighted by Crippen LogP contribution is 2.46. The molecular weight excluding hydrogens is 356 g/mol. The molecule has 2 amide bonds. The van der Waals surface area contributed by atoms with Gasteiger partial charge in [-0.3, -0.25) is 10.3 Å². The lowest BCUT2D eigenvalue weighted by Gasteiger charge is -2.43. The minimum absolute atomic E-state index is 0.225. The number of fused-ring (bicyclic) bond motifs is 1. The highest BCUT2D eigenvalue weighted by atomic mass is 35.5. The van der Waals surface area contributed by atoms with E-state index in [1.165, 1.54) is 7.05 Å². The Bertz CT molecular complexity index is 797. The molecule has 1 saturated heterocycles. The third-order valence-electron chi connectivity index (χ3n) is 5.64. The number of aromatic nitrogens is 2. The Labute approximate surface area is 157 Å². The maximum Gasteiger partial charge on any atom is 0.343 e. The Hall–Kier alpha value is -1.83. The van der Waals surface area contributed by atoms with Crippen molar-refractivity contribution in [2.45, 2.75) is 32.8 Å². The normalized spacial score (nSPS) is 17.5. The average molecular weight is 381 g/mol. The minimum atomic E-state index is -0.725. The number of amides is 2. The van der Waals surface area contributed by atoms with Gasteiger partial charge in [-0.1, -0.05) is 25.4 Å². The molecule has 142 valence electrons. The van der Waals surface area contributed by atoms with Gasteiger partial charge in [-0.05, 0) is 36.3 Å². The van der Waals surface area contributed by atoms with E-state index in [2.05, 4.69) is 10.2 Å². The fourth-order valence-electron chi connectivity index (χ4n) is 3.91. The van der Waals surface area contributed by atoms with Crippen LogP contribution in [-0.2, 0) is 0 Å². The van der Waals surface area contributed by atoms with Crippen LogP contribution in [0.3, 0.4) is 0 Å². The Morgan fingerprint density at radius 1 is 1.42 bits per heavy atom. The zero-order chi connectivity index (χ0) is 19.1. The second kappa shape index (κ2) is 7.06.